The first-order valence-electron chi connectivity index (χ1n) is 7.44. The molecule has 1 heterocycles. The number of aryl methyl sites for hydroxylation is 1. The number of hydrogen-bond acceptors (Lipinski definition) is 6. The van der Waals surface area contributed by atoms with Gasteiger partial charge in [0.15, 0.2) is 0 Å². The Balaban J connectivity index is 1.90. The Labute approximate surface area is 137 Å². The molecule has 0 saturated carbocycles. The molecule has 0 saturated heterocycles. The average Bonchev–Trinajstić information content (AvgIpc) is 2.55. The molecule has 0 bridgehead atoms. The molecule has 24 heavy (non-hydrogen) atoms. The number of ether oxygens (including phenoxy) is 1. The molecule has 1 aromatic carbocycles. The van der Waals surface area contributed by atoms with Crippen LogP contribution in [0.5, 0.6) is 0 Å². The average molecular weight is 328 g/mol. The summed E-state index contributed by atoms with van der Waals surface area (Å²) >= 11 is 0. The Morgan fingerprint density at radius 3 is 2.79 bits per heavy atom. The number of aliphatic hydroxyl groups is 1. The summed E-state index contributed by atoms with van der Waals surface area (Å²) in [4.78, 5) is 26.6. The predicted molar refractivity (Wildman–Crippen MR) is 86.1 cm³/mol. The van der Waals surface area contributed by atoms with E-state index in [-0.39, 0.29) is 0 Å². The van der Waals surface area contributed by atoms with E-state index in [1.165, 1.54) is 0 Å². The fourth-order valence-corrected chi connectivity index (χ4v) is 2.90. The third-order valence-corrected chi connectivity index (χ3v) is 3.99. The van der Waals surface area contributed by atoms with Crippen LogP contribution in [-0.2, 0) is 20.7 Å². The number of benzene rings is 1. The standard InChI is InChI=1S/C17H16N2O5/c18-16-9-3-1-2-4-10(9)19-11-5-6-12(17(23)15(11)16)24-14(22)8-7-13(20)21/h1-4,7-8,12,17,23H,5-6H2,(H2,18,19)(H,20,21)/b8-7-. The summed E-state index contributed by atoms with van der Waals surface area (Å²) in [5.74, 6) is -2.07. The van der Waals surface area contributed by atoms with Crippen LogP contribution in [0, 0.1) is 0 Å². The molecule has 2 aromatic rings. The van der Waals surface area contributed by atoms with E-state index in [4.69, 9.17) is 15.6 Å². The second-order valence-corrected chi connectivity index (χ2v) is 5.53. The first-order chi connectivity index (χ1) is 11.5. The van der Waals surface area contributed by atoms with E-state index in [0.29, 0.717) is 35.9 Å². The molecule has 3 rings (SSSR count). The number of nitrogen functional groups attached to an aromatic ring is 1. The molecule has 7 nitrogen and oxygen atoms in total. The third-order valence-electron chi connectivity index (χ3n) is 3.99. The van der Waals surface area contributed by atoms with Gasteiger partial charge in [0.1, 0.15) is 12.2 Å². The van der Waals surface area contributed by atoms with E-state index in [0.717, 1.165) is 17.0 Å². The lowest BCUT2D eigenvalue weighted by molar-refractivity contribution is -0.150. The summed E-state index contributed by atoms with van der Waals surface area (Å²) < 4.78 is 5.16. The quantitative estimate of drug-likeness (QED) is 0.574. The molecule has 0 spiro atoms. The molecular weight excluding hydrogens is 312 g/mol. The van der Waals surface area contributed by atoms with E-state index in [9.17, 15) is 14.7 Å². The highest BCUT2D eigenvalue weighted by atomic mass is 16.6. The van der Waals surface area contributed by atoms with E-state index >= 15 is 0 Å². The summed E-state index contributed by atoms with van der Waals surface area (Å²) in [5, 5.41) is 19.8. The number of carbonyl (C=O) groups excluding carboxylic acids is 1. The van der Waals surface area contributed by atoms with Crippen LogP contribution < -0.4 is 5.73 Å². The van der Waals surface area contributed by atoms with Crippen molar-refractivity contribution in [2.24, 2.45) is 0 Å². The van der Waals surface area contributed by atoms with Crippen molar-refractivity contribution >= 4 is 28.5 Å². The minimum Gasteiger partial charge on any atom is -0.478 e. The fraction of sp³-hybridized carbons (Fsp3) is 0.235. The van der Waals surface area contributed by atoms with Gasteiger partial charge in [-0.05, 0) is 18.9 Å². The maximum Gasteiger partial charge on any atom is 0.331 e. The molecule has 0 fully saturated rings. The molecule has 1 aromatic heterocycles. The molecule has 1 aliphatic carbocycles. The van der Waals surface area contributed by atoms with Crippen LogP contribution in [0.1, 0.15) is 23.8 Å². The van der Waals surface area contributed by atoms with Gasteiger partial charge >= 0.3 is 11.9 Å². The van der Waals surface area contributed by atoms with E-state index < -0.39 is 24.1 Å². The number of aliphatic hydroxyl groups excluding tert-OH is 1. The van der Waals surface area contributed by atoms with Gasteiger partial charge in [-0.3, -0.25) is 4.98 Å². The first-order valence-corrected chi connectivity index (χ1v) is 7.44. The van der Waals surface area contributed by atoms with Gasteiger partial charge < -0.3 is 20.7 Å². The normalized spacial score (nSPS) is 20.0. The zero-order chi connectivity index (χ0) is 17.3. The molecule has 1 aliphatic rings. The number of nitrogens with zero attached hydrogens (tertiary/aromatic N) is 1. The zero-order valence-electron chi connectivity index (χ0n) is 12.7. The number of aromatic nitrogens is 1. The van der Waals surface area contributed by atoms with Gasteiger partial charge in [0.25, 0.3) is 0 Å². The van der Waals surface area contributed by atoms with Crippen molar-refractivity contribution in [3.8, 4) is 0 Å². The lowest BCUT2D eigenvalue weighted by Gasteiger charge is -2.30. The minimum absolute atomic E-state index is 0.381. The van der Waals surface area contributed by atoms with Crippen molar-refractivity contribution in [1.29, 1.82) is 0 Å². The summed E-state index contributed by atoms with van der Waals surface area (Å²) in [6.45, 7) is 0. The van der Waals surface area contributed by atoms with Crippen LogP contribution in [0.4, 0.5) is 5.69 Å². The van der Waals surface area contributed by atoms with Crippen LogP contribution in [0.2, 0.25) is 0 Å². The van der Waals surface area contributed by atoms with Crippen molar-refractivity contribution in [3.05, 3.63) is 47.7 Å². The second kappa shape index (κ2) is 6.29. The highest BCUT2D eigenvalue weighted by Gasteiger charge is 2.33. The summed E-state index contributed by atoms with van der Waals surface area (Å²) in [5.41, 5.74) is 8.52. The number of rotatable bonds is 3. The monoisotopic (exact) mass is 328 g/mol. The molecule has 2 unspecified atom stereocenters. The Kier molecular flexibility index (Phi) is 4.18. The largest absolute Gasteiger partial charge is 0.478 e. The number of fused-ring (bicyclic) bond motifs is 2. The number of carboxylic acid groups (broad SMARTS) is 1. The second-order valence-electron chi connectivity index (χ2n) is 5.53. The Morgan fingerprint density at radius 2 is 2.04 bits per heavy atom. The number of aliphatic carboxylic acids is 1. The lowest BCUT2D eigenvalue weighted by atomic mass is 9.88. The van der Waals surface area contributed by atoms with Crippen molar-refractivity contribution in [3.63, 3.8) is 0 Å². The van der Waals surface area contributed by atoms with Crippen LogP contribution >= 0.6 is 0 Å². The number of esters is 1. The number of nitrogens with two attached hydrogens (primary N) is 1. The minimum atomic E-state index is -1.25. The molecule has 0 amide bonds. The lowest BCUT2D eigenvalue weighted by Crippen LogP contribution is -2.31. The Bertz CT molecular complexity index is 846. The van der Waals surface area contributed by atoms with Crippen LogP contribution in [-0.4, -0.2) is 33.2 Å². The highest BCUT2D eigenvalue weighted by molar-refractivity contribution is 5.93. The van der Waals surface area contributed by atoms with Gasteiger partial charge in [-0.15, -0.1) is 0 Å². The highest BCUT2D eigenvalue weighted by Crippen LogP contribution is 2.38. The molecule has 4 N–H and O–H groups in total. The van der Waals surface area contributed by atoms with Gasteiger partial charge in [-0.2, -0.15) is 0 Å². The number of carbonyl (C=O) groups is 2. The maximum absolute atomic E-state index is 11.6. The molecule has 7 heteroatoms. The molecule has 0 radical (unpaired) electrons. The third kappa shape index (κ3) is 2.93. The topological polar surface area (TPSA) is 123 Å². The van der Waals surface area contributed by atoms with Crippen molar-refractivity contribution in [2.75, 3.05) is 5.73 Å². The van der Waals surface area contributed by atoms with Crippen LogP contribution in [0.25, 0.3) is 10.9 Å². The van der Waals surface area contributed by atoms with Crippen molar-refractivity contribution < 1.29 is 24.5 Å². The Hall–Kier alpha value is -2.93. The molecule has 2 atom stereocenters. The van der Waals surface area contributed by atoms with Crippen molar-refractivity contribution in [1.82, 2.24) is 4.98 Å². The van der Waals surface area contributed by atoms with Crippen LogP contribution in [0.15, 0.2) is 36.4 Å². The summed E-state index contributed by atoms with van der Waals surface area (Å²) in [7, 11) is 0. The summed E-state index contributed by atoms with van der Waals surface area (Å²) in [6.07, 6.45) is 0.483. The molecule has 0 aliphatic heterocycles. The van der Waals surface area contributed by atoms with E-state index in [1.807, 2.05) is 24.3 Å². The number of carboxylic acids is 1. The number of hydrogen-bond donors (Lipinski definition) is 3. The van der Waals surface area contributed by atoms with Gasteiger partial charge in [0, 0.05) is 34.5 Å². The first kappa shape index (κ1) is 15.9. The SMILES string of the molecule is Nc1c2c(nc3ccccc13)CCC(OC(=O)/C=C\C(=O)O)C2O. The van der Waals surface area contributed by atoms with E-state index in [2.05, 4.69) is 4.98 Å². The summed E-state index contributed by atoms with van der Waals surface area (Å²) in [6, 6.07) is 7.35. The maximum atomic E-state index is 11.6. The van der Waals surface area contributed by atoms with Gasteiger partial charge in [0.05, 0.1) is 5.52 Å². The van der Waals surface area contributed by atoms with E-state index in [1.54, 1.807) is 0 Å². The number of pyridine rings is 1. The van der Waals surface area contributed by atoms with Gasteiger partial charge in [-0.1, -0.05) is 18.2 Å². The molecule has 124 valence electrons. The van der Waals surface area contributed by atoms with Crippen LogP contribution in [0.3, 0.4) is 0 Å². The van der Waals surface area contributed by atoms with Gasteiger partial charge in [-0.25, -0.2) is 9.59 Å². The molecular formula is C17H16N2O5. The smallest absolute Gasteiger partial charge is 0.331 e. The predicted octanol–water partition coefficient (Wildman–Crippen LogP) is 1.35. The van der Waals surface area contributed by atoms with Crippen molar-refractivity contribution in [2.45, 2.75) is 25.0 Å². The fourth-order valence-electron chi connectivity index (χ4n) is 2.90. The zero-order valence-corrected chi connectivity index (χ0v) is 12.7. The number of anilines is 1. The number of para-hydroxylation sites is 1. The Morgan fingerprint density at radius 1 is 1.29 bits per heavy atom. The van der Waals surface area contributed by atoms with Gasteiger partial charge in [0.2, 0.25) is 0 Å².